The second-order valence-corrected chi connectivity index (χ2v) is 8.67. The minimum Gasteiger partial charge on any atom is -0.394 e. The summed E-state index contributed by atoms with van der Waals surface area (Å²) < 4.78 is 8.66. The highest BCUT2D eigenvalue weighted by atomic mass is 16.5. The normalized spacial score (nSPS) is 17.3. The summed E-state index contributed by atoms with van der Waals surface area (Å²) >= 11 is 0. The molecule has 5 heterocycles. The highest BCUT2D eigenvalue weighted by Gasteiger charge is 2.21. The zero-order chi connectivity index (χ0) is 23.8. The van der Waals surface area contributed by atoms with Crippen molar-refractivity contribution in [3.8, 4) is 22.5 Å². The van der Waals surface area contributed by atoms with Gasteiger partial charge < -0.3 is 14.7 Å². The van der Waals surface area contributed by atoms with Gasteiger partial charge in [0.15, 0.2) is 0 Å². The number of morpholine rings is 1. The van der Waals surface area contributed by atoms with Gasteiger partial charge in [-0.1, -0.05) is 0 Å². The van der Waals surface area contributed by atoms with Crippen LogP contribution >= 0.6 is 0 Å². The Kier molecular flexibility index (Phi) is 5.84. The lowest BCUT2D eigenvalue weighted by Crippen LogP contribution is -2.44. The third-order valence-electron chi connectivity index (χ3n) is 6.19. The number of aromatic nitrogens is 6. The fourth-order valence-corrected chi connectivity index (χ4v) is 4.21. The Morgan fingerprint density at radius 1 is 1.24 bits per heavy atom. The van der Waals surface area contributed by atoms with E-state index in [2.05, 4.69) is 26.9 Å². The van der Waals surface area contributed by atoms with E-state index in [0.29, 0.717) is 35.5 Å². The molecule has 0 amide bonds. The molecule has 0 bridgehead atoms. The van der Waals surface area contributed by atoms with Gasteiger partial charge in [0.25, 0.3) is 5.56 Å². The molecule has 4 aromatic heterocycles. The average molecular weight is 462 g/mol. The van der Waals surface area contributed by atoms with E-state index in [1.165, 1.54) is 10.9 Å². The van der Waals surface area contributed by atoms with Crippen LogP contribution in [0, 0.1) is 0 Å². The van der Waals surface area contributed by atoms with Gasteiger partial charge in [0.1, 0.15) is 17.0 Å². The number of hydrogen-bond acceptors (Lipinski definition) is 8. The highest BCUT2D eigenvalue weighted by molar-refractivity contribution is 5.93. The van der Waals surface area contributed by atoms with Crippen LogP contribution in [0.2, 0.25) is 0 Å². The smallest absolute Gasteiger partial charge is 0.261 e. The van der Waals surface area contributed by atoms with Gasteiger partial charge in [0.05, 0.1) is 55.5 Å². The Morgan fingerprint density at radius 2 is 2.09 bits per heavy atom. The van der Waals surface area contributed by atoms with Gasteiger partial charge in [-0.05, 0) is 32.0 Å². The van der Waals surface area contributed by atoms with E-state index < -0.39 is 0 Å². The molecule has 0 aliphatic carbocycles. The van der Waals surface area contributed by atoms with Gasteiger partial charge in [0, 0.05) is 37.1 Å². The van der Waals surface area contributed by atoms with Crippen molar-refractivity contribution in [2.45, 2.75) is 25.9 Å². The maximum Gasteiger partial charge on any atom is 0.261 e. The summed E-state index contributed by atoms with van der Waals surface area (Å²) in [5.74, 6) is 0.883. The molecule has 1 saturated heterocycles. The van der Waals surface area contributed by atoms with Crippen molar-refractivity contribution in [1.29, 1.82) is 0 Å². The van der Waals surface area contributed by atoms with Crippen molar-refractivity contribution in [1.82, 2.24) is 29.3 Å². The van der Waals surface area contributed by atoms with E-state index in [0.717, 1.165) is 23.5 Å². The first kappa shape index (κ1) is 22.2. The molecule has 0 saturated carbocycles. The van der Waals surface area contributed by atoms with Gasteiger partial charge in [-0.2, -0.15) is 5.10 Å². The van der Waals surface area contributed by atoms with E-state index in [4.69, 9.17) is 9.72 Å². The van der Waals surface area contributed by atoms with Gasteiger partial charge in [-0.25, -0.2) is 15.0 Å². The number of pyridine rings is 2. The molecular weight excluding hydrogens is 434 g/mol. The minimum atomic E-state index is -0.390. The van der Waals surface area contributed by atoms with Crippen molar-refractivity contribution < 1.29 is 9.84 Å². The molecule has 2 atom stereocenters. The Hall–Kier alpha value is -3.63. The molecule has 10 nitrogen and oxygen atoms in total. The number of rotatable bonds is 5. The first-order valence-corrected chi connectivity index (χ1v) is 11.3. The summed E-state index contributed by atoms with van der Waals surface area (Å²) in [5, 5.41) is 14.3. The lowest BCUT2D eigenvalue weighted by molar-refractivity contribution is 0.0985. The monoisotopic (exact) mass is 461 g/mol. The van der Waals surface area contributed by atoms with E-state index in [1.807, 2.05) is 25.4 Å². The molecule has 176 valence electrons. The van der Waals surface area contributed by atoms with E-state index in [9.17, 15) is 9.90 Å². The summed E-state index contributed by atoms with van der Waals surface area (Å²) in [6.07, 6.45) is 6.79. The second kappa shape index (κ2) is 8.96. The lowest BCUT2D eigenvalue weighted by atomic mass is 10.1. The lowest BCUT2D eigenvalue weighted by Gasteiger charge is -2.34. The molecule has 0 spiro atoms. The molecule has 4 aromatic rings. The van der Waals surface area contributed by atoms with E-state index in [1.54, 1.807) is 30.1 Å². The van der Waals surface area contributed by atoms with Crippen LogP contribution in [-0.4, -0.2) is 66.8 Å². The number of aryl methyl sites for hydroxylation is 1. The molecule has 0 aromatic carbocycles. The van der Waals surface area contributed by atoms with Crippen LogP contribution < -0.4 is 10.5 Å². The van der Waals surface area contributed by atoms with Crippen molar-refractivity contribution >= 4 is 16.7 Å². The fraction of sp³-hybridized carbons (Fsp3) is 0.375. The number of nitrogens with zero attached hydrogens (tertiary/aromatic N) is 7. The predicted molar refractivity (Wildman–Crippen MR) is 129 cm³/mol. The number of aliphatic hydroxyl groups is 1. The number of ether oxygens (including phenoxy) is 1. The molecule has 1 aliphatic heterocycles. The van der Waals surface area contributed by atoms with Crippen molar-refractivity contribution in [2.75, 3.05) is 31.3 Å². The molecule has 1 N–H and O–H groups in total. The van der Waals surface area contributed by atoms with Crippen molar-refractivity contribution in [2.24, 2.45) is 7.05 Å². The Balaban J connectivity index is 1.64. The molecule has 10 heteroatoms. The average Bonchev–Trinajstić information content (AvgIpc) is 3.30. The third-order valence-corrected chi connectivity index (χ3v) is 6.19. The van der Waals surface area contributed by atoms with Crippen LogP contribution in [-0.2, 0) is 11.8 Å². The molecular formula is C24H27N7O3. The highest BCUT2D eigenvalue weighted by Crippen LogP contribution is 2.29. The molecule has 1 unspecified atom stereocenters. The predicted octanol–water partition coefficient (Wildman–Crippen LogP) is 2.03. The molecule has 1 aliphatic rings. The zero-order valence-corrected chi connectivity index (χ0v) is 19.4. The summed E-state index contributed by atoms with van der Waals surface area (Å²) in [7, 11) is 1.83. The van der Waals surface area contributed by atoms with E-state index in [-0.39, 0.29) is 24.2 Å². The molecule has 0 radical (unpaired) electrons. The molecule has 34 heavy (non-hydrogen) atoms. The first-order valence-electron chi connectivity index (χ1n) is 11.3. The molecule has 1 fully saturated rings. The van der Waals surface area contributed by atoms with Crippen LogP contribution in [0.3, 0.4) is 0 Å². The third kappa shape index (κ3) is 3.95. The van der Waals surface area contributed by atoms with Gasteiger partial charge >= 0.3 is 0 Å². The quantitative estimate of drug-likeness (QED) is 0.481. The summed E-state index contributed by atoms with van der Waals surface area (Å²) in [5.41, 5.74) is 3.02. The standard InChI is InChI=1S/C24H27N7O3/c1-15(12-32)31-14-26-23-19(24(31)33)8-20(28-22(23)18-10-27-29(3)11-18)17-4-5-21(25-9-17)30-6-7-34-13-16(30)2/h4-5,8-11,14-16,32H,6-7,12-13H2,1-3H3/t15-,16?/m0/s1. The SMILES string of the molecule is CC1COCCN1c1ccc(-c2cc3c(=O)n([C@@H](C)CO)cnc3c(-c3cnn(C)c3)n2)cn1. The Bertz CT molecular complexity index is 1380. The topological polar surface area (TPSA) is 111 Å². The van der Waals surface area contributed by atoms with Crippen molar-refractivity contribution in [3.63, 3.8) is 0 Å². The van der Waals surface area contributed by atoms with Crippen LogP contribution in [0.4, 0.5) is 5.82 Å². The summed E-state index contributed by atoms with van der Waals surface area (Å²) in [6.45, 7) is 5.88. The second-order valence-electron chi connectivity index (χ2n) is 8.67. The summed E-state index contributed by atoms with van der Waals surface area (Å²) in [6, 6.07) is 5.55. The first-order chi connectivity index (χ1) is 16.5. The van der Waals surface area contributed by atoms with Gasteiger partial charge in [0.2, 0.25) is 0 Å². The summed E-state index contributed by atoms with van der Waals surface area (Å²) in [4.78, 5) is 29.6. The largest absolute Gasteiger partial charge is 0.394 e. The fourth-order valence-electron chi connectivity index (χ4n) is 4.21. The number of hydrogen-bond donors (Lipinski definition) is 1. The van der Waals surface area contributed by atoms with Crippen LogP contribution in [0.1, 0.15) is 19.9 Å². The van der Waals surface area contributed by atoms with Crippen LogP contribution in [0.5, 0.6) is 0 Å². The Labute approximate surface area is 196 Å². The molecule has 5 rings (SSSR count). The minimum absolute atomic E-state index is 0.161. The van der Waals surface area contributed by atoms with Gasteiger partial charge in [-0.3, -0.25) is 14.0 Å². The zero-order valence-electron chi connectivity index (χ0n) is 19.4. The maximum absolute atomic E-state index is 13.3. The van der Waals surface area contributed by atoms with Gasteiger partial charge in [-0.15, -0.1) is 0 Å². The van der Waals surface area contributed by atoms with E-state index >= 15 is 0 Å². The number of anilines is 1. The van der Waals surface area contributed by atoms with Crippen LogP contribution in [0.25, 0.3) is 33.4 Å². The number of fused-ring (bicyclic) bond motifs is 1. The Morgan fingerprint density at radius 3 is 2.76 bits per heavy atom. The van der Waals surface area contributed by atoms with Crippen LogP contribution in [0.15, 0.2) is 47.9 Å². The maximum atomic E-state index is 13.3. The number of aliphatic hydroxyl groups excluding tert-OH is 1. The van der Waals surface area contributed by atoms with Crippen molar-refractivity contribution in [3.05, 3.63) is 53.5 Å².